The van der Waals surface area contributed by atoms with Crippen molar-refractivity contribution >= 4 is 17.2 Å². The molecular formula is C28H30FN3O3. The van der Waals surface area contributed by atoms with Crippen molar-refractivity contribution in [2.24, 2.45) is 11.8 Å². The number of hydrogen-bond donors (Lipinski definition) is 1. The van der Waals surface area contributed by atoms with Gasteiger partial charge in [0.15, 0.2) is 5.82 Å². The number of halogens is 1. The number of carboxylic acid groups (broad SMARTS) is 1. The first-order chi connectivity index (χ1) is 16.9. The van der Waals surface area contributed by atoms with E-state index in [1.165, 1.54) is 22.2 Å². The van der Waals surface area contributed by atoms with Crippen LogP contribution in [0.4, 0.5) is 10.1 Å². The van der Waals surface area contributed by atoms with Gasteiger partial charge >= 0.3 is 5.97 Å². The van der Waals surface area contributed by atoms with Gasteiger partial charge in [-0.25, -0.2) is 9.18 Å². The molecular weight excluding hydrogens is 445 g/mol. The van der Waals surface area contributed by atoms with Gasteiger partial charge in [-0.3, -0.25) is 14.1 Å². The van der Waals surface area contributed by atoms with Crippen molar-refractivity contribution in [3.05, 3.63) is 81.0 Å². The van der Waals surface area contributed by atoms with Gasteiger partial charge in [-0.2, -0.15) is 0 Å². The molecule has 4 heterocycles. The lowest BCUT2D eigenvalue weighted by Crippen LogP contribution is -2.39. The Hall–Kier alpha value is -3.19. The number of carbonyl (C=O) groups is 1. The van der Waals surface area contributed by atoms with Crippen LogP contribution >= 0.6 is 0 Å². The number of pyridine rings is 2. The highest BCUT2D eigenvalue weighted by atomic mass is 19.1. The van der Waals surface area contributed by atoms with Gasteiger partial charge in [0.2, 0.25) is 0 Å². The van der Waals surface area contributed by atoms with Crippen LogP contribution in [0.3, 0.4) is 0 Å². The van der Waals surface area contributed by atoms with Crippen LogP contribution in [-0.4, -0.2) is 46.6 Å². The first kappa shape index (κ1) is 22.3. The summed E-state index contributed by atoms with van der Waals surface area (Å²) in [6, 6.07) is 12.0. The molecule has 3 aromatic rings. The van der Waals surface area contributed by atoms with Crippen molar-refractivity contribution in [1.29, 1.82) is 0 Å². The van der Waals surface area contributed by atoms with Crippen LogP contribution in [0.5, 0.6) is 0 Å². The normalized spacial score (nSPS) is 22.5. The predicted molar refractivity (Wildman–Crippen MR) is 133 cm³/mol. The average molecular weight is 476 g/mol. The van der Waals surface area contributed by atoms with Gasteiger partial charge in [0.05, 0.1) is 17.4 Å². The second kappa shape index (κ2) is 8.48. The van der Waals surface area contributed by atoms with Crippen LogP contribution in [-0.2, 0) is 6.54 Å². The molecule has 2 atom stereocenters. The molecule has 0 amide bonds. The highest BCUT2D eigenvalue weighted by Gasteiger charge is 2.39. The summed E-state index contributed by atoms with van der Waals surface area (Å²) in [5.74, 6) is -0.495. The Kier molecular flexibility index (Phi) is 5.40. The number of hydrogen-bond acceptors (Lipinski definition) is 4. The second-order valence-corrected chi connectivity index (χ2v) is 10.5. The fourth-order valence-corrected chi connectivity index (χ4v) is 6.30. The SMILES string of the molecule is Cc1c(N2C[C@H]3CCN(Cc4ccccc4)C[C@@H]3C2)c(F)cn2c(=O)c(C(=O)O)cc(C3CC3)c12. The number of nitrogens with zero attached hydrogens (tertiary/aromatic N) is 3. The van der Waals surface area contributed by atoms with Crippen LogP contribution in [0.1, 0.15) is 52.2 Å². The molecule has 3 fully saturated rings. The van der Waals surface area contributed by atoms with Gasteiger partial charge in [0.25, 0.3) is 5.56 Å². The number of benzene rings is 1. The molecule has 35 heavy (non-hydrogen) atoms. The zero-order valence-electron chi connectivity index (χ0n) is 19.9. The average Bonchev–Trinajstić information content (AvgIpc) is 3.59. The second-order valence-electron chi connectivity index (χ2n) is 10.5. The minimum atomic E-state index is -1.27. The number of aromatic carboxylic acids is 1. The number of aromatic nitrogens is 1. The molecule has 1 aliphatic carbocycles. The summed E-state index contributed by atoms with van der Waals surface area (Å²) < 4.78 is 16.8. The Balaban J connectivity index is 1.33. The molecule has 1 N–H and O–H groups in total. The third-order valence-corrected chi connectivity index (χ3v) is 8.14. The number of anilines is 1. The molecule has 2 aliphatic heterocycles. The van der Waals surface area contributed by atoms with Crippen LogP contribution in [0, 0.1) is 24.6 Å². The van der Waals surface area contributed by atoms with E-state index in [4.69, 9.17) is 0 Å². The van der Waals surface area contributed by atoms with E-state index in [0.29, 0.717) is 23.0 Å². The van der Waals surface area contributed by atoms with E-state index < -0.39 is 17.3 Å². The maximum atomic E-state index is 15.6. The summed E-state index contributed by atoms with van der Waals surface area (Å²) >= 11 is 0. The fourth-order valence-electron chi connectivity index (χ4n) is 6.30. The molecule has 0 bridgehead atoms. The number of rotatable bonds is 5. The minimum absolute atomic E-state index is 0.230. The van der Waals surface area contributed by atoms with Crippen molar-refractivity contribution in [1.82, 2.24) is 9.30 Å². The van der Waals surface area contributed by atoms with Crippen molar-refractivity contribution < 1.29 is 14.3 Å². The van der Waals surface area contributed by atoms with E-state index in [0.717, 1.165) is 63.1 Å². The minimum Gasteiger partial charge on any atom is -0.477 e. The Morgan fingerprint density at radius 1 is 1.09 bits per heavy atom. The molecule has 182 valence electrons. The first-order valence-corrected chi connectivity index (χ1v) is 12.5. The fraction of sp³-hybridized carbons (Fsp3) is 0.429. The zero-order chi connectivity index (χ0) is 24.3. The van der Waals surface area contributed by atoms with E-state index in [1.54, 1.807) is 0 Å². The summed E-state index contributed by atoms with van der Waals surface area (Å²) in [4.78, 5) is 29.2. The van der Waals surface area contributed by atoms with Gasteiger partial charge in [0, 0.05) is 26.2 Å². The molecule has 0 spiro atoms. The molecule has 7 heteroatoms. The Labute approximate surface area is 203 Å². The van der Waals surface area contributed by atoms with Crippen molar-refractivity contribution in [2.75, 3.05) is 31.1 Å². The zero-order valence-corrected chi connectivity index (χ0v) is 19.9. The topological polar surface area (TPSA) is 65.3 Å². The largest absolute Gasteiger partial charge is 0.477 e. The Bertz CT molecular complexity index is 1370. The molecule has 6 nitrogen and oxygen atoms in total. The quantitative estimate of drug-likeness (QED) is 0.597. The Morgan fingerprint density at radius 2 is 1.83 bits per heavy atom. The number of fused-ring (bicyclic) bond motifs is 2. The van der Waals surface area contributed by atoms with Gasteiger partial charge in [-0.1, -0.05) is 30.3 Å². The maximum absolute atomic E-state index is 15.6. The lowest BCUT2D eigenvalue weighted by Gasteiger charge is -2.34. The van der Waals surface area contributed by atoms with Crippen LogP contribution in [0.2, 0.25) is 0 Å². The third kappa shape index (κ3) is 3.92. The van der Waals surface area contributed by atoms with E-state index in [1.807, 2.05) is 13.0 Å². The molecule has 2 aromatic heterocycles. The van der Waals surface area contributed by atoms with Gasteiger partial charge in [-0.05, 0) is 73.2 Å². The van der Waals surface area contributed by atoms with Crippen molar-refractivity contribution in [2.45, 2.75) is 38.6 Å². The maximum Gasteiger partial charge on any atom is 0.341 e. The smallest absolute Gasteiger partial charge is 0.341 e. The molecule has 2 saturated heterocycles. The molecule has 0 unspecified atom stereocenters. The van der Waals surface area contributed by atoms with Crippen LogP contribution in [0.15, 0.2) is 47.4 Å². The monoisotopic (exact) mass is 475 g/mol. The first-order valence-electron chi connectivity index (χ1n) is 12.5. The third-order valence-electron chi connectivity index (χ3n) is 8.14. The van der Waals surface area contributed by atoms with Crippen LogP contribution < -0.4 is 10.5 Å². The van der Waals surface area contributed by atoms with E-state index in [9.17, 15) is 14.7 Å². The Morgan fingerprint density at radius 3 is 2.54 bits per heavy atom. The molecule has 1 aromatic carbocycles. The van der Waals surface area contributed by atoms with E-state index in [-0.39, 0.29) is 11.5 Å². The van der Waals surface area contributed by atoms with E-state index in [2.05, 4.69) is 34.1 Å². The summed E-state index contributed by atoms with van der Waals surface area (Å²) in [6.07, 6.45) is 4.23. The van der Waals surface area contributed by atoms with Gasteiger partial charge in [-0.15, -0.1) is 0 Å². The molecule has 0 radical (unpaired) electrons. The van der Waals surface area contributed by atoms with Crippen molar-refractivity contribution in [3.63, 3.8) is 0 Å². The molecule has 3 aliphatic rings. The van der Waals surface area contributed by atoms with Gasteiger partial charge in [0.1, 0.15) is 5.56 Å². The summed E-state index contributed by atoms with van der Waals surface area (Å²) in [5.41, 5.74) is 3.19. The highest BCUT2D eigenvalue weighted by molar-refractivity contribution is 5.89. The molecule has 1 saturated carbocycles. The van der Waals surface area contributed by atoms with Crippen molar-refractivity contribution in [3.8, 4) is 0 Å². The van der Waals surface area contributed by atoms with Gasteiger partial charge < -0.3 is 10.0 Å². The number of carboxylic acids is 1. The number of aryl methyl sites for hydroxylation is 1. The summed E-state index contributed by atoms with van der Waals surface area (Å²) in [5, 5.41) is 9.53. The highest BCUT2D eigenvalue weighted by Crippen LogP contribution is 2.44. The lowest BCUT2D eigenvalue weighted by molar-refractivity contribution is 0.0694. The standard InChI is InChI=1S/C28H30FN3O3/c1-17-25-22(19-7-8-19)11-23(28(34)35)27(33)32(25)16-24(29)26(17)31-14-20-9-10-30(13-21(20)15-31)12-18-5-3-2-4-6-18/h2-6,11,16,19-21H,7-10,12-15H2,1H3,(H,34,35)/t20-,21-/m1/s1. The number of likely N-dealkylation sites (tertiary alicyclic amines) is 1. The lowest BCUT2D eigenvalue weighted by atomic mass is 9.88. The predicted octanol–water partition coefficient (Wildman–Crippen LogP) is 4.28. The number of piperidine rings is 1. The summed E-state index contributed by atoms with van der Waals surface area (Å²) in [6.45, 7) is 6.46. The molecule has 6 rings (SSSR count). The van der Waals surface area contributed by atoms with Crippen LogP contribution in [0.25, 0.3) is 5.52 Å². The van der Waals surface area contributed by atoms with E-state index >= 15 is 4.39 Å². The summed E-state index contributed by atoms with van der Waals surface area (Å²) in [7, 11) is 0.